The second kappa shape index (κ2) is 12.0. The summed E-state index contributed by atoms with van der Waals surface area (Å²) >= 11 is 12.1. The van der Waals surface area contributed by atoms with Crippen LogP contribution in [0.4, 0.5) is 10.1 Å². The average Bonchev–Trinajstić information content (AvgIpc) is 2.79. The maximum atomic E-state index is 12.9. The summed E-state index contributed by atoms with van der Waals surface area (Å²) in [6.45, 7) is 0.290. The molecule has 3 aromatic rings. The molecule has 0 heterocycles. The van der Waals surface area contributed by atoms with Gasteiger partial charge in [0.2, 0.25) is 11.8 Å². The first-order valence-electron chi connectivity index (χ1n) is 9.93. The van der Waals surface area contributed by atoms with Gasteiger partial charge < -0.3 is 10.1 Å². The van der Waals surface area contributed by atoms with Gasteiger partial charge in [-0.1, -0.05) is 35.3 Å². The van der Waals surface area contributed by atoms with Gasteiger partial charge in [0.1, 0.15) is 18.2 Å². The number of carbonyl (C=O) groups is 2. The van der Waals surface area contributed by atoms with Crippen molar-refractivity contribution in [1.29, 1.82) is 0 Å². The van der Waals surface area contributed by atoms with E-state index in [1.54, 1.807) is 30.3 Å². The van der Waals surface area contributed by atoms with Crippen molar-refractivity contribution in [1.82, 2.24) is 5.43 Å². The highest BCUT2D eigenvalue weighted by Gasteiger charge is 2.08. The van der Waals surface area contributed by atoms with Crippen molar-refractivity contribution in [3.05, 3.63) is 93.7 Å². The van der Waals surface area contributed by atoms with Crippen molar-refractivity contribution in [3.63, 3.8) is 0 Å². The maximum absolute atomic E-state index is 12.9. The zero-order valence-electron chi connectivity index (χ0n) is 17.4. The van der Waals surface area contributed by atoms with Gasteiger partial charge in [-0.15, -0.1) is 0 Å². The zero-order chi connectivity index (χ0) is 23.6. The van der Waals surface area contributed by atoms with Crippen molar-refractivity contribution < 1.29 is 18.7 Å². The molecule has 0 saturated heterocycles. The third-order valence-corrected chi connectivity index (χ3v) is 4.83. The average molecular weight is 488 g/mol. The molecule has 0 atom stereocenters. The Morgan fingerprint density at radius 1 is 0.939 bits per heavy atom. The molecule has 0 bridgehead atoms. The van der Waals surface area contributed by atoms with E-state index in [2.05, 4.69) is 15.8 Å². The number of amides is 2. The number of hydrogen-bond acceptors (Lipinski definition) is 4. The van der Waals surface area contributed by atoms with E-state index in [-0.39, 0.29) is 18.7 Å². The van der Waals surface area contributed by atoms with E-state index < -0.39 is 11.7 Å². The summed E-state index contributed by atoms with van der Waals surface area (Å²) in [5.41, 5.74) is 4.28. The Hall–Kier alpha value is -3.42. The summed E-state index contributed by atoms with van der Waals surface area (Å²) < 4.78 is 18.7. The van der Waals surface area contributed by atoms with Crippen molar-refractivity contribution in [2.75, 3.05) is 5.32 Å². The quantitative estimate of drug-likeness (QED) is 0.305. The van der Waals surface area contributed by atoms with E-state index in [9.17, 15) is 14.0 Å². The van der Waals surface area contributed by atoms with E-state index in [1.165, 1.54) is 30.5 Å². The molecule has 0 saturated carbocycles. The minimum Gasteiger partial charge on any atom is -0.488 e. The minimum absolute atomic E-state index is 0.0517. The molecule has 3 aromatic carbocycles. The Bertz CT molecular complexity index is 1150. The van der Waals surface area contributed by atoms with Crippen LogP contribution in [0.3, 0.4) is 0 Å². The number of carbonyl (C=O) groups excluding carboxylic acids is 2. The summed E-state index contributed by atoms with van der Waals surface area (Å²) in [5, 5.41) is 7.61. The summed E-state index contributed by atoms with van der Waals surface area (Å²) in [4.78, 5) is 23.9. The number of hydrogen-bond donors (Lipinski definition) is 2. The number of anilines is 1. The third kappa shape index (κ3) is 8.21. The number of nitrogens with zero attached hydrogens (tertiary/aromatic N) is 1. The van der Waals surface area contributed by atoms with Gasteiger partial charge in [0.05, 0.1) is 6.21 Å². The van der Waals surface area contributed by atoms with Crippen LogP contribution in [-0.2, 0) is 16.2 Å². The molecule has 0 fully saturated rings. The second-order valence-corrected chi connectivity index (χ2v) is 7.82. The Morgan fingerprint density at radius 2 is 1.67 bits per heavy atom. The number of hydrazone groups is 1. The van der Waals surface area contributed by atoms with Crippen LogP contribution in [0.2, 0.25) is 10.0 Å². The Labute approximate surface area is 200 Å². The first kappa shape index (κ1) is 24.2. The zero-order valence-corrected chi connectivity index (χ0v) is 18.9. The molecule has 0 aliphatic carbocycles. The molecule has 2 amide bonds. The first-order valence-corrected chi connectivity index (χ1v) is 10.7. The highest BCUT2D eigenvalue weighted by atomic mass is 35.5. The van der Waals surface area contributed by atoms with Crippen molar-refractivity contribution in [3.8, 4) is 5.75 Å². The summed E-state index contributed by atoms with van der Waals surface area (Å²) in [5.74, 6) is -0.685. The third-order valence-electron chi connectivity index (χ3n) is 4.36. The lowest BCUT2D eigenvalue weighted by Crippen LogP contribution is -2.20. The lowest BCUT2D eigenvalue weighted by Gasteiger charge is -2.10. The molecule has 0 aliphatic rings. The van der Waals surface area contributed by atoms with Gasteiger partial charge in [-0.25, -0.2) is 9.82 Å². The van der Waals surface area contributed by atoms with E-state index in [4.69, 9.17) is 27.9 Å². The number of nitrogens with one attached hydrogen (secondary N) is 2. The normalized spacial score (nSPS) is 10.8. The van der Waals surface area contributed by atoms with Gasteiger partial charge in [-0.2, -0.15) is 5.10 Å². The molecule has 0 radical (unpaired) electrons. The number of halogens is 3. The highest BCUT2D eigenvalue weighted by molar-refractivity contribution is 6.31. The van der Waals surface area contributed by atoms with Crippen LogP contribution in [0.5, 0.6) is 5.75 Å². The fraction of sp³-hybridized carbons (Fsp3) is 0.125. The van der Waals surface area contributed by atoms with Crippen LogP contribution in [0, 0.1) is 5.82 Å². The highest BCUT2D eigenvalue weighted by Crippen LogP contribution is 2.23. The van der Waals surface area contributed by atoms with Crippen LogP contribution in [0.15, 0.2) is 71.8 Å². The first-order chi connectivity index (χ1) is 15.9. The Balaban J connectivity index is 1.50. The SMILES string of the molecule is O=C(CCC(=O)Nc1ccc(F)cc1)NN=Cc1cc(Cl)ccc1OCc1cccc(Cl)c1. The summed E-state index contributed by atoms with van der Waals surface area (Å²) in [6.07, 6.45) is 1.29. The van der Waals surface area contributed by atoms with Gasteiger partial charge in [0.15, 0.2) is 0 Å². The van der Waals surface area contributed by atoms with Crippen LogP contribution in [-0.4, -0.2) is 18.0 Å². The molecular weight excluding hydrogens is 468 g/mol. The van der Waals surface area contributed by atoms with Crippen molar-refractivity contribution in [2.45, 2.75) is 19.4 Å². The van der Waals surface area contributed by atoms with Crippen molar-refractivity contribution >= 4 is 46.9 Å². The Kier molecular flexibility index (Phi) is 8.80. The molecule has 33 heavy (non-hydrogen) atoms. The van der Waals surface area contributed by atoms with Crippen LogP contribution < -0.4 is 15.5 Å². The minimum atomic E-state index is -0.441. The summed E-state index contributed by atoms with van der Waals surface area (Å²) in [7, 11) is 0. The predicted molar refractivity (Wildman–Crippen MR) is 127 cm³/mol. The van der Waals surface area contributed by atoms with Gasteiger partial charge >= 0.3 is 0 Å². The molecule has 6 nitrogen and oxygen atoms in total. The Morgan fingerprint density at radius 3 is 2.42 bits per heavy atom. The lowest BCUT2D eigenvalue weighted by molar-refractivity contribution is -0.124. The molecule has 0 unspecified atom stereocenters. The smallest absolute Gasteiger partial charge is 0.240 e. The largest absolute Gasteiger partial charge is 0.488 e. The maximum Gasteiger partial charge on any atom is 0.240 e. The summed E-state index contributed by atoms with van der Waals surface area (Å²) in [6, 6.07) is 17.7. The molecule has 170 valence electrons. The predicted octanol–water partition coefficient (Wildman–Crippen LogP) is 5.58. The molecule has 3 rings (SSSR count). The number of rotatable bonds is 9. The second-order valence-electron chi connectivity index (χ2n) is 6.95. The van der Waals surface area contributed by atoms with Crippen LogP contribution in [0.25, 0.3) is 0 Å². The fourth-order valence-corrected chi connectivity index (χ4v) is 3.15. The standard InChI is InChI=1S/C24H20Cl2FN3O3/c25-18-3-1-2-16(12-18)15-33-22-9-4-19(26)13-17(22)14-28-30-24(32)11-10-23(31)29-21-7-5-20(27)6-8-21/h1-9,12-14H,10-11,15H2,(H,29,31)(H,30,32). The fourth-order valence-electron chi connectivity index (χ4n) is 2.75. The molecule has 9 heteroatoms. The van der Waals surface area contributed by atoms with Crippen LogP contribution in [0.1, 0.15) is 24.0 Å². The molecule has 2 N–H and O–H groups in total. The van der Waals surface area contributed by atoms with Gasteiger partial charge in [0.25, 0.3) is 0 Å². The van der Waals surface area contributed by atoms with E-state index in [1.807, 2.05) is 12.1 Å². The lowest BCUT2D eigenvalue weighted by atomic mass is 10.2. The molecular formula is C24H20Cl2FN3O3. The molecule has 0 spiro atoms. The molecule has 0 aliphatic heterocycles. The monoisotopic (exact) mass is 487 g/mol. The topological polar surface area (TPSA) is 79.8 Å². The van der Waals surface area contributed by atoms with Gasteiger partial charge in [-0.3, -0.25) is 9.59 Å². The molecule has 0 aromatic heterocycles. The van der Waals surface area contributed by atoms with Crippen LogP contribution >= 0.6 is 23.2 Å². The van der Waals surface area contributed by atoms with E-state index in [0.717, 1.165) is 5.56 Å². The number of benzene rings is 3. The number of ether oxygens (including phenoxy) is 1. The van der Waals surface area contributed by atoms with Gasteiger partial charge in [-0.05, 0) is 60.2 Å². The van der Waals surface area contributed by atoms with Gasteiger partial charge in [0, 0.05) is 34.1 Å². The van der Waals surface area contributed by atoms with E-state index >= 15 is 0 Å². The van der Waals surface area contributed by atoms with E-state index in [0.29, 0.717) is 33.7 Å². The van der Waals surface area contributed by atoms with Crippen molar-refractivity contribution in [2.24, 2.45) is 5.10 Å².